The number of unbranched alkanes of at least 4 members (excludes halogenated alkanes) is 5. The first-order valence-electron chi connectivity index (χ1n) is 9.41. The van der Waals surface area contributed by atoms with E-state index in [9.17, 15) is 9.90 Å². The van der Waals surface area contributed by atoms with E-state index < -0.39 is 5.97 Å². The van der Waals surface area contributed by atoms with Crippen LogP contribution in [-0.2, 0) is 4.79 Å². The van der Waals surface area contributed by atoms with Crippen LogP contribution in [0.5, 0.6) is 0 Å². The van der Waals surface area contributed by atoms with Gasteiger partial charge in [0.2, 0.25) is 0 Å². The second-order valence-corrected chi connectivity index (χ2v) is 6.07. The number of carboxylic acids is 1. The highest BCUT2D eigenvalue weighted by molar-refractivity contribution is 5.80. The van der Waals surface area contributed by atoms with Crippen LogP contribution < -0.4 is 0 Å². The van der Waals surface area contributed by atoms with Crippen molar-refractivity contribution in [2.24, 2.45) is 0 Å². The van der Waals surface area contributed by atoms with Crippen molar-refractivity contribution in [2.45, 2.75) is 70.8 Å². The first-order valence-corrected chi connectivity index (χ1v) is 9.41. The highest BCUT2D eigenvalue weighted by Crippen LogP contribution is 2.11. The van der Waals surface area contributed by atoms with Gasteiger partial charge < -0.3 is 10.2 Å². The lowest BCUT2D eigenvalue weighted by molar-refractivity contribution is -0.131. The lowest BCUT2D eigenvalue weighted by Gasteiger charge is -2.09. The summed E-state index contributed by atoms with van der Waals surface area (Å²) < 4.78 is 0. The topological polar surface area (TPSA) is 57.5 Å². The van der Waals surface area contributed by atoms with E-state index in [0.717, 1.165) is 38.2 Å². The first-order chi connectivity index (χ1) is 12.2. The highest BCUT2D eigenvalue weighted by atomic mass is 16.4. The summed E-state index contributed by atoms with van der Waals surface area (Å²) in [6, 6.07) is 0. The number of hydrogen-bond donors (Lipinski definition) is 2. The van der Waals surface area contributed by atoms with Crippen molar-refractivity contribution in [2.75, 3.05) is 0 Å². The molecule has 0 aromatic heterocycles. The third-order valence-corrected chi connectivity index (χ3v) is 3.70. The van der Waals surface area contributed by atoms with Gasteiger partial charge in [-0.2, -0.15) is 0 Å². The van der Waals surface area contributed by atoms with Crippen LogP contribution in [0.4, 0.5) is 0 Å². The fourth-order valence-corrected chi connectivity index (χ4v) is 2.29. The lowest BCUT2D eigenvalue weighted by Crippen LogP contribution is -2.05. The number of aliphatic hydroxyl groups is 1. The molecule has 0 saturated carbocycles. The van der Waals surface area contributed by atoms with E-state index in [1.807, 2.05) is 30.4 Å². The molecular formula is C22H34O3. The fourth-order valence-electron chi connectivity index (χ4n) is 2.29. The Morgan fingerprint density at radius 2 is 1.36 bits per heavy atom. The first kappa shape index (κ1) is 23.1. The van der Waals surface area contributed by atoms with Crippen LogP contribution in [0.25, 0.3) is 0 Å². The SMILES string of the molecule is CCCCCC(O)CCCCCC=CC=CC=CC=CC=CC(=O)O. The van der Waals surface area contributed by atoms with E-state index in [4.69, 9.17) is 5.11 Å². The molecule has 2 N–H and O–H groups in total. The molecule has 0 spiro atoms. The van der Waals surface area contributed by atoms with E-state index in [-0.39, 0.29) is 6.10 Å². The molecule has 0 bridgehead atoms. The minimum atomic E-state index is -0.943. The number of carbonyl (C=O) groups is 1. The average molecular weight is 347 g/mol. The fraction of sp³-hybridized carbons (Fsp3) is 0.500. The van der Waals surface area contributed by atoms with Crippen LogP contribution in [0.15, 0.2) is 60.8 Å². The Balaban J connectivity index is 3.55. The van der Waals surface area contributed by atoms with Gasteiger partial charge in [0.25, 0.3) is 0 Å². The number of rotatable bonds is 15. The molecule has 25 heavy (non-hydrogen) atoms. The summed E-state index contributed by atoms with van der Waals surface area (Å²) in [5.41, 5.74) is 0. The molecule has 1 atom stereocenters. The Labute approximate surface area is 153 Å². The molecule has 1 unspecified atom stereocenters. The van der Waals surface area contributed by atoms with Gasteiger partial charge in [0.15, 0.2) is 0 Å². The van der Waals surface area contributed by atoms with Gasteiger partial charge in [-0.05, 0) is 25.7 Å². The highest BCUT2D eigenvalue weighted by Gasteiger charge is 2.02. The van der Waals surface area contributed by atoms with E-state index >= 15 is 0 Å². The molecule has 0 aliphatic rings. The van der Waals surface area contributed by atoms with Crippen molar-refractivity contribution in [3.05, 3.63) is 60.8 Å². The number of allylic oxidation sites excluding steroid dienone is 9. The van der Waals surface area contributed by atoms with Gasteiger partial charge in [-0.3, -0.25) is 0 Å². The monoisotopic (exact) mass is 346 g/mol. The van der Waals surface area contributed by atoms with Crippen LogP contribution in [-0.4, -0.2) is 22.3 Å². The normalized spacial score (nSPS) is 14.0. The molecule has 0 heterocycles. The molecule has 0 amide bonds. The van der Waals surface area contributed by atoms with Crippen LogP contribution in [0.1, 0.15) is 64.7 Å². The zero-order chi connectivity index (χ0) is 18.6. The van der Waals surface area contributed by atoms with Gasteiger partial charge in [0.05, 0.1) is 6.10 Å². The maximum Gasteiger partial charge on any atom is 0.328 e. The Morgan fingerprint density at radius 3 is 1.96 bits per heavy atom. The second kappa shape index (κ2) is 18.5. The summed E-state index contributed by atoms with van der Waals surface area (Å²) in [4.78, 5) is 10.2. The van der Waals surface area contributed by atoms with Crippen LogP contribution >= 0.6 is 0 Å². The van der Waals surface area contributed by atoms with Gasteiger partial charge in [0.1, 0.15) is 0 Å². The quantitative estimate of drug-likeness (QED) is 0.226. The molecule has 0 aliphatic heterocycles. The number of hydrogen-bond acceptors (Lipinski definition) is 2. The number of aliphatic carboxylic acids is 1. The molecule has 0 rings (SSSR count). The Bertz CT molecular complexity index is 456. The minimum absolute atomic E-state index is 0.106. The van der Waals surface area contributed by atoms with Gasteiger partial charge in [-0.25, -0.2) is 4.79 Å². The summed E-state index contributed by atoms with van der Waals surface area (Å²) in [6.45, 7) is 2.19. The van der Waals surface area contributed by atoms with E-state index in [1.165, 1.54) is 31.8 Å². The van der Waals surface area contributed by atoms with Gasteiger partial charge in [-0.1, -0.05) is 93.7 Å². The molecule has 0 aromatic rings. The minimum Gasteiger partial charge on any atom is -0.478 e. The predicted molar refractivity (Wildman–Crippen MR) is 107 cm³/mol. The van der Waals surface area contributed by atoms with Crippen LogP contribution in [0.2, 0.25) is 0 Å². The number of aliphatic hydroxyl groups excluding tert-OH is 1. The molecular weight excluding hydrogens is 312 g/mol. The number of carboxylic acid groups (broad SMARTS) is 1. The predicted octanol–water partition coefficient (Wildman–Crippen LogP) is 5.74. The van der Waals surface area contributed by atoms with Crippen molar-refractivity contribution in [1.82, 2.24) is 0 Å². The van der Waals surface area contributed by atoms with E-state index in [2.05, 4.69) is 13.0 Å². The molecule has 3 nitrogen and oxygen atoms in total. The molecule has 0 aliphatic carbocycles. The second-order valence-electron chi connectivity index (χ2n) is 6.07. The zero-order valence-corrected chi connectivity index (χ0v) is 15.5. The maximum absolute atomic E-state index is 10.2. The van der Waals surface area contributed by atoms with E-state index in [1.54, 1.807) is 12.2 Å². The molecule has 0 radical (unpaired) electrons. The lowest BCUT2D eigenvalue weighted by atomic mass is 10.0. The third-order valence-electron chi connectivity index (χ3n) is 3.70. The van der Waals surface area contributed by atoms with Gasteiger partial charge >= 0.3 is 5.97 Å². The molecule has 0 fully saturated rings. The van der Waals surface area contributed by atoms with Crippen molar-refractivity contribution >= 4 is 5.97 Å². The smallest absolute Gasteiger partial charge is 0.328 e. The molecule has 0 aromatic carbocycles. The summed E-state index contributed by atoms with van der Waals surface area (Å²) in [7, 11) is 0. The van der Waals surface area contributed by atoms with Crippen molar-refractivity contribution in [3.8, 4) is 0 Å². The third kappa shape index (κ3) is 20.1. The Morgan fingerprint density at radius 1 is 0.800 bits per heavy atom. The summed E-state index contributed by atoms with van der Waals surface area (Å²) >= 11 is 0. The summed E-state index contributed by atoms with van der Waals surface area (Å²) in [5.74, 6) is -0.943. The van der Waals surface area contributed by atoms with Crippen molar-refractivity contribution in [1.29, 1.82) is 0 Å². The van der Waals surface area contributed by atoms with Crippen LogP contribution in [0.3, 0.4) is 0 Å². The van der Waals surface area contributed by atoms with Gasteiger partial charge in [0, 0.05) is 6.08 Å². The Hall–Kier alpha value is -1.87. The standard InChI is InChI=1S/C22H34O3/c1-2-3-15-18-21(23)19-16-13-11-9-7-5-4-6-8-10-12-14-17-20-22(24)25/h4-8,10,12,14,17,20-21,23H,2-3,9,11,13,15-16,18-19H2,1H3,(H,24,25). The van der Waals surface area contributed by atoms with E-state index in [0.29, 0.717) is 0 Å². The Kier molecular flexibility index (Phi) is 17.1. The summed E-state index contributed by atoms with van der Waals surface area (Å²) in [5, 5.41) is 18.2. The molecule has 140 valence electrons. The molecule has 0 saturated heterocycles. The maximum atomic E-state index is 10.2. The summed E-state index contributed by atoms with van der Waals surface area (Å²) in [6.07, 6.45) is 27.8. The van der Waals surface area contributed by atoms with Crippen molar-refractivity contribution < 1.29 is 15.0 Å². The molecule has 3 heteroatoms. The average Bonchev–Trinajstić information content (AvgIpc) is 2.58. The van der Waals surface area contributed by atoms with Gasteiger partial charge in [-0.15, -0.1) is 0 Å². The van der Waals surface area contributed by atoms with Crippen LogP contribution in [0, 0.1) is 0 Å². The largest absolute Gasteiger partial charge is 0.478 e. The van der Waals surface area contributed by atoms with Crippen molar-refractivity contribution in [3.63, 3.8) is 0 Å². The zero-order valence-electron chi connectivity index (χ0n) is 15.5.